The molecule has 1 spiro atoms. The molecule has 4 heterocycles. The molecular weight excluding hydrogens is 420 g/mol. The number of aromatic nitrogens is 1. The molecule has 1 fully saturated rings. The Balaban J connectivity index is 1.47. The first-order valence-corrected chi connectivity index (χ1v) is 10.3. The number of fused-ring (bicyclic) bond motifs is 3. The minimum absolute atomic E-state index is 0.0422. The van der Waals surface area contributed by atoms with Crippen molar-refractivity contribution in [2.24, 2.45) is 5.92 Å². The van der Waals surface area contributed by atoms with E-state index < -0.39 is 40.2 Å². The van der Waals surface area contributed by atoms with E-state index >= 15 is 0 Å². The van der Waals surface area contributed by atoms with Crippen LogP contribution in [0.1, 0.15) is 45.7 Å². The largest absolute Gasteiger partial charge is 0.503 e. The Bertz CT molecular complexity index is 1290. The second kappa shape index (κ2) is 7.19. The zero-order valence-corrected chi connectivity index (χ0v) is 17.0. The summed E-state index contributed by atoms with van der Waals surface area (Å²) in [6.45, 7) is 0.474. The van der Waals surface area contributed by atoms with E-state index in [9.17, 15) is 28.3 Å². The lowest BCUT2D eigenvalue weighted by Gasteiger charge is -2.50. The van der Waals surface area contributed by atoms with Crippen molar-refractivity contribution in [1.82, 2.24) is 14.8 Å². The maximum atomic E-state index is 13.8. The molecule has 0 saturated carbocycles. The van der Waals surface area contributed by atoms with Gasteiger partial charge in [0, 0.05) is 49.8 Å². The maximum Gasteiger partial charge on any atom is 0.275 e. The second-order valence-electron chi connectivity index (χ2n) is 8.49. The van der Waals surface area contributed by atoms with Gasteiger partial charge in [0.15, 0.2) is 11.4 Å². The number of piperidine rings is 1. The third-order valence-corrected chi connectivity index (χ3v) is 6.53. The number of carbonyl (C=O) groups is 2. The van der Waals surface area contributed by atoms with Gasteiger partial charge in [0.1, 0.15) is 17.2 Å². The van der Waals surface area contributed by atoms with E-state index in [1.807, 2.05) is 0 Å². The van der Waals surface area contributed by atoms with Gasteiger partial charge in [-0.25, -0.2) is 8.78 Å². The van der Waals surface area contributed by atoms with E-state index in [-0.39, 0.29) is 29.3 Å². The predicted molar refractivity (Wildman–Crippen MR) is 109 cm³/mol. The van der Waals surface area contributed by atoms with Gasteiger partial charge in [-0.1, -0.05) is 12.0 Å². The van der Waals surface area contributed by atoms with Gasteiger partial charge in [-0.2, -0.15) is 0 Å². The molecular formula is C23H19F2N3O4. The average Bonchev–Trinajstić information content (AvgIpc) is 3.07. The van der Waals surface area contributed by atoms with E-state index in [0.29, 0.717) is 25.6 Å². The van der Waals surface area contributed by atoms with E-state index in [2.05, 4.69) is 17.2 Å². The normalized spacial score (nSPS) is 23.0. The van der Waals surface area contributed by atoms with Crippen molar-refractivity contribution >= 4 is 11.8 Å². The third kappa shape index (κ3) is 3.06. The van der Waals surface area contributed by atoms with Crippen molar-refractivity contribution < 1.29 is 23.5 Å². The lowest BCUT2D eigenvalue weighted by atomic mass is 9.80. The van der Waals surface area contributed by atoms with Gasteiger partial charge < -0.3 is 19.9 Å². The van der Waals surface area contributed by atoms with Crippen molar-refractivity contribution in [2.45, 2.75) is 37.9 Å². The molecule has 2 amide bonds. The lowest BCUT2D eigenvalue weighted by molar-refractivity contribution is 0.00861. The summed E-state index contributed by atoms with van der Waals surface area (Å²) in [5.41, 5.74) is -1.99. The smallest absolute Gasteiger partial charge is 0.275 e. The highest BCUT2D eigenvalue weighted by Gasteiger charge is 2.50. The number of pyridine rings is 1. The first-order valence-electron chi connectivity index (χ1n) is 10.3. The highest BCUT2D eigenvalue weighted by atomic mass is 19.1. The first-order chi connectivity index (χ1) is 15.3. The Hall–Kier alpha value is -3.67. The first kappa shape index (κ1) is 20.2. The van der Waals surface area contributed by atoms with Gasteiger partial charge in [-0.05, 0) is 18.9 Å². The molecule has 2 aromatic rings. The molecule has 164 valence electrons. The third-order valence-electron chi connectivity index (χ3n) is 6.53. The number of nitrogens with zero attached hydrogens (tertiary/aromatic N) is 2. The highest BCUT2D eigenvalue weighted by molar-refractivity contribution is 5.99. The summed E-state index contributed by atoms with van der Waals surface area (Å²) in [6, 6.07) is 2.95. The van der Waals surface area contributed by atoms with Gasteiger partial charge in [-0.3, -0.25) is 14.4 Å². The van der Waals surface area contributed by atoms with Crippen LogP contribution in [0.25, 0.3) is 0 Å². The topological polar surface area (TPSA) is 91.6 Å². The number of benzene rings is 1. The molecule has 0 unspecified atom stereocenters. The van der Waals surface area contributed by atoms with Gasteiger partial charge >= 0.3 is 0 Å². The van der Waals surface area contributed by atoms with Crippen LogP contribution in [0.4, 0.5) is 8.78 Å². The van der Waals surface area contributed by atoms with Crippen LogP contribution in [0.2, 0.25) is 0 Å². The molecule has 4 aliphatic rings. The summed E-state index contributed by atoms with van der Waals surface area (Å²) >= 11 is 0. The fourth-order valence-corrected chi connectivity index (χ4v) is 4.80. The second-order valence-corrected chi connectivity index (χ2v) is 8.49. The fourth-order valence-electron chi connectivity index (χ4n) is 4.80. The molecule has 1 saturated heterocycles. The molecule has 2 N–H and O–H groups in total. The number of amides is 2. The van der Waals surface area contributed by atoms with Crippen LogP contribution < -0.4 is 10.7 Å². The van der Waals surface area contributed by atoms with Crippen molar-refractivity contribution in [3.63, 3.8) is 0 Å². The van der Waals surface area contributed by atoms with Crippen LogP contribution in [0.3, 0.4) is 0 Å². The standard InChI is InChI=1S/C23H19F2N3O4/c24-15-4-3-14(17(25)8-15)9-26-21(31)16-11-27-12-23-6-1-2-13(5-7-23)10-28(23)22(32)18(27)20(30)19(16)29/h3-4,8,11,13,30H,5-7,9-10,12H2,(H,26,31)/t13-,23+/m1/s1. The molecule has 1 aromatic carbocycles. The Labute approximate surface area is 181 Å². The Morgan fingerprint density at radius 2 is 2.12 bits per heavy atom. The number of carbonyl (C=O) groups excluding carboxylic acids is 2. The molecule has 6 rings (SSSR count). The number of hydrogen-bond acceptors (Lipinski definition) is 4. The van der Waals surface area contributed by atoms with Crippen LogP contribution in [-0.2, 0) is 13.1 Å². The van der Waals surface area contributed by atoms with E-state index in [4.69, 9.17) is 0 Å². The molecule has 1 aliphatic carbocycles. The van der Waals surface area contributed by atoms with Gasteiger partial charge in [-0.15, -0.1) is 5.92 Å². The Kier molecular flexibility index (Phi) is 4.55. The van der Waals surface area contributed by atoms with Crippen LogP contribution in [0.15, 0.2) is 29.2 Å². The number of nitrogens with one attached hydrogen (secondary N) is 1. The monoisotopic (exact) mass is 439 g/mol. The van der Waals surface area contributed by atoms with Crippen LogP contribution in [0.5, 0.6) is 5.75 Å². The average molecular weight is 439 g/mol. The van der Waals surface area contributed by atoms with E-state index in [0.717, 1.165) is 18.9 Å². The van der Waals surface area contributed by atoms with Gasteiger partial charge in [0.2, 0.25) is 5.43 Å². The van der Waals surface area contributed by atoms with Crippen LogP contribution in [0, 0.1) is 29.4 Å². The molecule has 2 bridgehead atoms. The fraction of sp³-hybridized carbons (Fsp3) is 0.348. The minimum Gasteiger partial charge on any atom is -0.503 e. The van der Waals surface area contributed by atoms with Crippen molar-refractivity contribution in [1.29, 1.82) is 0 Å². The summed E-state index contributed by atoms with van der Waals surface area (Å²) < 4.78 is 28.4. The molecule has 7 nitrogen and oxygen atoms in total. The molecule has 32 heavy (non-hydrogen) atoms. The zero-order valence-electron chi connectivity index (χ0n) is 17.0. The van der Waals surface area contributed by atoms with Crippen molar-refractivity contribution in [3.8, 4) is 17.6 Å². The number of rotatable bonds is 3. The SMILES string of the molecule is O=C(NCc1ccc(F)cc1F)c1cn2c(c(O)c1=O)C(=O)N1C[C@@H]3C#CC[C@]1(CC3)C2. The van der Waals surface area contributed by atoms with E-state index in [1.165, 1.54) is 16.8 Å². The Morgan fingerprint density at radius 3 is 2.91 bits per heavy atom. The molecule has 1 aromatic heterocycles. The minimum atomic E-state index is -0.978. The quantitative estimate of drug-likeness (QED) is 0.714. The molecule has 3 aliphatic heterocycles. The number of hydrogen-bond donors (Lipinski definition) is 2. The summed E-state index contributed by atoms with van der Waals surface area (Å²) in [5.74, 6) is 2.74. The lowest BCUT2D eigenvalue weighted by Crippen LogP contribution is -2.61. The Morgan fingerprint density at radius 1 is 1.31 bits per heavy atom. The molecule has 0 radical (unpaired) electrons. The maximum absolute atomic E-state index is 13.8. The van der Waals surface area contributed by atoms with Crippen LogP contribution >= 0.6 is 0 Å². The predicted octanol–water partition coefficient (Wildman–Crippen LogP) is 1.77. The van der Waals surface area contributed by atoms with Gasteiger partial charge in [0.25, 0.3) is 11.8 Å². The summed E-state index contributed by atoms with van der Waals surface area (Å²) in [5, 5.41) is 13.0. The number of halogens is 2. The number of aromatic hydroxyl groups is 1. The van der Waals surface area contributed by atoms with Crippen molar-refractivity contribution in [3.05, 3.63) is 63.1 Å². The molecule has 9 heteroatoms. The zero-order chi connectivity index (χ0) is 22.6. The molecule has 2 atom stereocenters. The van der Waals surface area contributed by atoms with E-state index in [1.54, 1.807) is 4.90 Å². The van der Waals surface area contributed by atoms with Crippen molar-refractivity contribution in [2.75, 3.05) is 6.54 Å². The summed E-state index contributed by atoms with van der Waals surface area (Å²) in [7, 11) is 0. The summed E-state index contributed by atoms with van der Waals surface area (Å²) in [4.78, 5) is 40.3. The van der Waals surface area contributed by atoms with Crippen LogP contribution in [-0.4, -0.2) is 38.5 Å². The van der Waals surface area contributed by atoms with Gasteiger partial charge in [0.05, 0.1) is 5.54 Å². The summed E-state index contributed by atoms with van der Waals surface area (Å²) in [6.07, 6.45) is 3.32. The highest BCUT2D eigenvalue weighted by Crippen LogP contribution is 2.41.